The molecular formula is C28H26ClF3N2O4S. The molecule has 0 aliphatic heterocycles. The predicted molar refractivity (Wildman–Crippen MR) is 144 cm³/mol. The van der Waals surface area contributed by atoms with Crippen molar-refractivity contribution in [3.63, 3.8) is 0 Å². The van der Waals surface area contributed by atoms with Gasteiger partial charge in [-0.25, -0.2) is 12.4 Å². The van der Waals surface area contributed by atoms with Gasteiger partial charge in [0.15, 0.2) is 0 Å². The van der Waals surface area contributed by atoms with E-state index in [1.165, 1.54) is 35.0 Å². The molecule has 2 heterocycles. The van der Waals surface area contributed by atoms with E-state index < -0.39 is 28.2 Å². The Morgan fingerprint density at radius 3 is 2.28 bits per heavy atom. The van der Waals surface area contributed by atoms with Crippen LogP contribution in [0.3, 0.4) is 0 Å². The molecule has 0 amide bonds. The lowest BCUT2D eigenvalue weighted by atomic mass is 9.87. The maximum Gasteiger partial charge on any atom is 0.391 e. The third-order valence-corrected chi connectivity index (χ3v) is 9.14. The van der Waals surface area contributed by atoms with E-state index in [2.05, 4.69) is 0 Å². The lowest BCUT2D eigenvalue weighted by Gasteiger charge is -2.30. The highest BCUT2D eigenvalue weighted by Crippen LogP contribution is 2.40. The van der Waals surface area contributed by atoms with Crippen molar-refractivity contribution in [3.05, 3.63) is 81.7 Å². The highest BCUT2D eigenvalue weighted by Gasteiger charge is 2.41. The first-order valence-electron chi connectivity index (χ1n) is 12.4. The Morgan fingerprint density at radius 2 is 1.64 bits per heavy atom. The zero-order chi connectivity index (χ0) is 28.1. The van der Waals surface area contributed by atoms with Crippen molar-refractivity contribution in [3.8, 4) is 16.9 Å². The largest absolute Gasteiger partial charge is 0.490 e. The molecule has 0 radical (unpaired) electrons. The summed E-state index contributed by atoms with van der Waals surface area (Å²) in [6.45, 7) is 1.86. The first kappa shape index (κ1) is 27.3. The molecule has 1 aliphatic rings. The molecular weight excluding hydrogens is 553 g/mol. The van der Waals surface area contributed by atoms with Gasteiger partial charge in [-0.1, -0.05) is 29.3 Å². The molecule has 0 N–H and O–H groups in total. The zero-order valence-electron chi connectivity index (χ0n) is 21.2. The molecule has 0 spiro atoms. The Morgan fingerprint density at radius 1 is 0.974 bits per heavy atom. The van der Waals surface area contributed by atoms with Gasteiger partial charge in [0.05, 0.1) is 28.0 Å². The van der Waals surface area contributed by atoms with E-state index in [-0.39, 0.29) is 36.1 Å². The van der Waals surface area contributed by atoms with Gasteiger partial charge in [-0.3, -0.25) is 4.79 Å². The minimum Gasteiger partial charge on any atom is -0.490 e. The summed E-state index contributed by atoms with van der Waals surface area (Å²) in [6, 6.07) is 14.1. The van der Waals surface area contributed by atoms with Crippen LogP contribution in [0.1, 0.15) is 31.2 Å². The Bertz CT molecular complexity index is 1700. The molecule has 4 aromatic rings. The van der Waals surface area contributed by atoms with E-state index in [1.807, 2.05) is 6.92 Å². The molecule has 39 heavy (non-hydrogen) atoms. The second-order valence-electron chi connectivity index (χ2n) is 9.93. The Labute approximate surface area is 228 Å². The van der Waals surface area contributed by atoms with Gasteiger partial charge in [0.25, 0.3) is 15.6 Å². The van der Waals surface area contributed by atoms with Crippen LogP contribution in [0.25, 0.3) is 22.2 Å². The molecule has 1 aliphatic carbocycles. The predicted octanol–water partition coefficient (Wildman–Crippen LogP) is 6.71. The van der Waals surface area contributed by atoms with Gasteiger partial charge >= 0.3 is 6.18 Å². The number of alkyl halides is 3. The number of aromatic nitrogens is 2. The standard InChI is InChI=1S/C28H26ClF3N2O4S/c1-17-3-9-23(10-4-17)39(36,37)34-16-24(27-25(34)11-12-26(35)33(27)2)18-13-20(29)15-22(14-18)38-21-7-5-19(6-8-21)28(30,31)32/h3-4,9-16,19,21H,5-8H2,1-2H3. The molecule has 0 bridgehead atoms. The smallest absolute Gasteiger partial charge is 0.391 e. The second-order valence-corrected chi connectivity index (χ2v) is 12.2. The summed E-state index contributed by atoms with van der Waals surface area (Å²) in [5.41, 5.74) is 2.22. The molecule has 206 valence electrons. The van der Waals surface area contributed by atoms with Crippen LogP contribution in [0, 0.1) is 12.8 Å². The fourth-order valence-corrected chi connectivity index (χ4v) is 6.67. The molecule has 1 saturated carbocycles. The van der Waals surface area contributed by atoms with Gasteiger partial charge in [0.1, 0.15) is 5.75 Å². The van der Waals surface area contributed by atoms with E-state index in [9.17, 15) is 26.4 Å². The average Bonchev–Trinajstić information content (AvgIpc) is 3.27. The Kier molecular flexibility index (Phi) is 7.05. The van der Waals surface area contributed by atoms with E-state index in [0.29, 0.717) is 32.9 Å². The quantitative estimate of drug-likeness (QED) is 0.264. The van der Waals surface area contributed by atoms with Gasteiger partial charge in [-0.15, -0.1) is 0 Å². The summed E-state index contributed by atoms with van der Waals surface area (Å²) in [5.74, 6) is -0.966. The Hall–Kier alpha value is -3.24. The van der Waals surface area contributed by atoms with Crippen LogP contribution in [0.4, 0.5) is 13.2 Å². The fourth-order valence-electron chi connectivity index (χ4n) is 5.09. The molecule has 5 rings (SSSR count). The number of nitrogens with zero attached hydrogens (tertiary/aromatic N) is 2. The number of rotatable bonds is 5. The first-order chi connectivity index (χ1) is 18.3. The SMILES string of the molecule is Cc1ccc(S(=O)(=O)n2cc(-c3cc(Cl)cc(OC4CCC(C(F)(F)F)CC4)c3)c3c2ccc(=O)n3C)cc1. The van der Waals surface area contributed by atoms with Crippen molar-refractivity contribution in [2.24, 2.45) is 13.0 Å². The number of ether oxygens (including phenoxy) is 1. The van der Waals surface area contributed by atoms with Crippen molar-refractivity contribution >= 4 is 32.7 Å². The number of pyridine rings is 1. The fraction of sp³-hybridized carbons (Fsp3) is 0.321. The third kappa shape index (κ3) is 5.32. The van der Waals surface area contributed by atoms with Gasteiger partial charge in [-0.05, 0) is 74.6 Å². The molecule has 0 saturated heterocycles. The number of hydrogen-bond donors (Lipinski definition) is 0. The zero-order valence-corrected chi connectivity index (χ0v) is 22.8. The van der Waals surface area contributed by atoms with Crippen LogP contribution in [0.5, 0.6) is 5.75 Å². The second kappa shape index (κ2) is 10.1. The third-order valence-electron chi connectivity index (χ3n) is 7.23. The number of aryl methyl sites for hydroxylation is 2. The van der Waals surface area contributed by atoms with Crippen LogP contribution < -0.4 is 10.3 Å². The molecule has 0 atom stereocenters. The van der Waals surface area contributed by atoms with Gasteiger partial charge in [0.2, 0.25) is 0 Å². The monoisotopic (exact) mass is 578 g/mol. The summed E-state index contributed by atoms with van der Waals surface area (Å²) in [7, 11) is -2.46. The minimum absolute atomic E-state index is 0.00589. The summed E-state index contributed by atoms with van der Waals surface area (Å²) in [6.07, 6.45) is -2.66. The van der Waals surface area contributed by atoms with Crippen molar-refractivity contribution in [1.82, 2.24) is 8.54 Å². The van der Waals surface area contributed by atoms with Crippen LogP contribution in [0.2, 0.25) is 5.02 Å². The first-order valence-corrected chi connectivity index (χ1v) is 14.2. The average molecular weight is 579 g/mol. The number of benzene rings is 2. The summed E-state index contributed by atoms with van der Waals surface area (Å²) in [4.78, 5) is 12.6. The summed E-state index contributed by atoms with van der Waals surface area (Å²) in [5, 5.41) is 0.301. The Balaban J connectivity index is 1.56. The number of fused-ring (bicyclic) bond motifs is 1. The van der Waals surface area contributed by atoms with E-state index in [1.54, 1.807) is 37.4 Å². The van der Waals surface area contributed by atoms with Gasteiger partial charge in [0, 0.05) is 29.9 Å². The highest BCUT2D eigenvalue weighted by atomic mass is 35.5. The maximum absolute atomic E-state index is 13.6. The lowest BCUT2D eigenvalue weighted by molar-refractivity contribution is -0.185. The molecule has 6 nitrogen and oxygen atoms in total. The number of halogens is 4. The van der Waals surface area contributed by atoms with Gasteiger partial charge in [-0.2, -0.15) is 13.2 Å². The van der Waals surface area contributed by atoms with Crippen LogP contribution >= 0.6 is 11.6 Å². The van der Waals surface area contributed by atoms with Crippen LogP contribution in [0.15, 0.2) is 70.5 Å². The van der Waals surface area contributed by atoms with Crippen molar-refractivity contribution in [1.29, 1.82) is 0 Å². The summed E-state index contributed by atoms with van der Waals surface area (Å²) >= 11 is 6.41. The number of hydrogen-bond acceptors (Lipinski definition) is 4. The van der Waals surface area contributed by atoms with Crippen molar-refractivity contribution in [2.45, 2.75) is 49.8 Å². The van der Waals surface area contributed by atoms with Crippen molar-refractivity contribution < 1.29 is 26.3 Å². The normalized spacial score (nSPS) is 18.4. The molecule has 2 aromatic carbocycles. The highest BCUT2D eigenvalue weighted by molar-refractivity contribution is 7.90. The van der Waals surface area contributed by atoms with Crippen molar-refractivity contribution in [2.75, 3.05) is 0 Å². The molecule has 0 unspecified atom stereocenters. The lowest BCUT2D eigenvalue weighted by Crippen LogP contribution is -2.31. The van der Waals surface area contributed by atoms with Crippen LogP contribution in [-0.2, 0) is 17.1 Å². The molecule has 2 aromatic heterocycles. The minimum atomic E-state index is -4.21. The molecule has 1 fully saturated rings. The van der Waals surface area contributed by atoms with Gasteiger partial charge < -0.3 is 9.30 Å². The van der Waals surface area contributed by atoms with Crippen LogP contribution in [-0.4, -0.2) is 29.2 Å². The topological polar surface area (TPSA) is 70.3 Å². The van der Waals surface area contributed by atoms with E-state index >= 15 is 0 Å². The molecule has 11 heteroatoms. The summed E-state index contributed by atoms with van der Waals surface area (Å²) < 4.78 is 75.0. The maximum atomic E-state index is 13.6. The van der Waals surface area contributed by atoms with E-state index in [0.717, 1.165) is 9.54 Å². The van der Waals surface area contributed by atoms with E-state index in [4.69, 9.17) is 16.3 Å².